The minimum atomic E-state index is 0.242. The SMILES string of the molecule is Cc1nccc(NC(C)c2cc3ccccc3s2)n1. The van der Waals surface area contributed by atoms with Crippen molar-refractivity contribution >= 4 is 27.2 Å². The van der Waals surface area contributed by atoms with Crippen LogP contribution in [-0.4, -0.2) is 9.97 Å². The predicted molar refractivity (Wildman–Crippen MR) is 80.6 cm³/mol. The maximum absolute atomic E-state index is 4.37. The highest BCUT2D eigenvalue weighted by atomic mass is 32.1. The van der Waals surface area contributed by atoms with Gasteiger partial charge >= 0.3 is 0 Å². The number of nitrogens with one attached hydrogen (secondary N) is 1. The molecule has 1 N–H and O–H groups in total. The molecule has 0 radical (unpaired) electrons. The molecule has 0 aliphatic heterocycles. The van der Waals surface area contributed by atoms with E-state index in [1.807, 2.05) is 24.3 Å². The lowest BCUT2D eigenvalue weighted by Gasteiger charge is -2.12. The predicted octanol–water partition coefficient (Wildman–Crippen LogP) is 4.17. The molecule has 96 valence electrons. The number of fused-ring (bicyclic) bond motifs is 1. The van der Waals surface area contributed by atoms with Gasteiger partial charge in [-0.3, -0.25) is 0 Å². The van der Waals surface area contributed by atoms with Crippen molar-refractivity contribution in [3.05, 3.63) is 53.3 Å². The Morgan fingerprint density at radius 2 is 2.05 bits per heavy atom. The molecule has 3 rings (SSSR count). The molecule has 2 heterocycles. The maximum atomic E-state index is 4.37. The van der Waals surface area contributed by atoms with Crippen LogP contribution < -0.4 is 5.32 Å². The molecule has 19 heavy (non-hydrogen) atoms. The standard InChI is InChI=1S/C15H15N3S/c1-10(17-15-7-8-16-11(2)18-15)14-9-12-5-3-4-6-13(12)19-14/h3-10H,1-2H3,(H,16,17,18). The molecule has 1 aromatic carbocycles. The van der Waals surface area contributed by atoms with E-state index in [1.165, 1.54) is 15.0 Å². The van der Waals surface area contributed by atoms with Crippen LogP contribution >= 0.6 is 11.3 Å². The Labute approximate surface area is 116 Å². The van der Waals surface area contributed by atoms with Gasteiger partial charge in [0.1, 0.15) is 11.6 Å². The van der Waals surface area contributed by atoms with Crippen LogP contribution in [0.15, 0.2) is 42.6 Å². The van der Waals surface area contributed by atoms with E-state index < -0.39 is 0 Å². The van der Waals surface area contributed by atoms with E-state index in [4.69, 9.17) is 0 Å². The second-order valence-electron chi connectivity index (χ2n) is 4.54. The quantitative estimate of drug-likeness (QED) is 0.775. The lowest BCUT2D eigenvalue weighted by Crippen LogP contribution is -2.07. The van der Waals surface area contributed by atoms with Gasteiger partial charge in [0.15, 0.2) is 0 Å². The molecule has 3 nitrogen and oxygen atoms in total. The van der Waals surface area contributed by atoms with Gasteiger partial charge in [-0.25, -0.2) is 9.97 Å². The Bertz CT molecular complexity index is 672. The van der Waals surface area contributed by atoms with Crippen molar-refractivity contribution in [2.75, 3.05) is 5.32 Å². The number of rotatable bonds is 3. The largest absolute Gasteiger partial charge is 0.363 e. The van der Waals surface area contributed by atoms with Crippen molar-refractivity contribution in [2.24, 2.45) is 0 Å². The van der Waals surface area contributed by atoms with E-state index in [0.717, 1.165) is 11.6 Å². The Morgan fingerprint density at radius 1 is 1.21 bits per heavy atom. The summed E-state index contributed by atoms with van der Waals surface area (Å²) >= 11 is 1.82. The summed E-state index contributed by atoms with van der Waals surface area (Å²) < 4.78 is 1.32. The molecule has 0 saturated heterocycles. The number of hydrogen-bond donors (Lipinski definition) is 1. The van der Waals surface area contributed by atoms with E-state index >= 15 is 0 Å². The van der Waals surface area contributed by atoms with E-state index in [1.54, 1.807) is 6.20 Å². The van der Waals surface area contributed by atoms with Gasteiger partial charge in [0.05, 0.1) is 6.04 Å². The molecule has 4 heteroatoms. The molecule has 0 aliphatic rings. The molecule has 0 aliphatic carbocycles. The highest BCUT2D eigenvalue weighted by Gasteiger charge is 2.10. The third kappa shape index (κ3) is 2.58. The highest BCUT2D eigenvalue weighted by Crippen LogP contribution is 2.30. The summed E-state index contributed by atoms with van der Waals surface area (Å²) in [6.45, 7) is 4.05. The first-order valence-electron chi connectivity index (χ1n) is 6.27. The van der Waals surface area contributed by atoms with E-state index in [2.05, 4.69) is 52.5 Å². The van der Waals surface area contributed by atoms with Crippen molar-refractivity contribution in [2.45, 2.75) is 19.9 Å². The summed E-state index contributed by atoms with van der Waals surface area (Å²) in [5.74, 6) is 1.66. The van der Waals surface area contributed by atoms with Crippen LogP contribution in [-0.2, 0) is 0 Å². The molecule has 0 bridgehead atoms. The van der Waals surface area contributed by atoms with Crippen LogP contribution in [0.1, 0.15) is 23.7 Å². The van der Waals surface area contributed by atoms with Gasteiger partial charge in [0, 0.05) is 15.8 Å². The average Bonchev–Trinajstić information content (AvgIpc) is 2.82. The number of aryl methyl sites for hydroxylation is 1. The number of nitrogens with zero attached hydrogens (tertiary/aromatic N) is 2. The Hall–Kier alpha value is -1.94. The minimum absolute atomic E-state index is 0.242. The second kappa shape index (κ2) is 4.97. The van der Waals surface area contributed by atoms with Gasteiger partial charge in [0.25, 0.3) is 0 Å². The van der Waals surface area contributed by atoms with E-state index in [-0.39, 0.29) is 6.04 Å². The third-order valence-electron chi connectivity index (χ3n) is 3.01. The summed E-state index contributed by atoms with van der Waals surface area (Å²) in [6.07, 6.45) is 1.78. The van der Waals surface area contributed by atoms with Crippen LogP contribution in [0.5, 0.6) is 0 Å². The van der Waals surface area contributed by atoms with Gasteiger partial charge < -0.3 is 5.32 Å². The molecule has 0 spiro atoms. The molecule has 3 aromatic rings. The van der Waals surface area contributed by atoms with Crippen molar-refractivity contribution in [3.8, 4) is 0 Å². The zero-order valence-corrected chi connectivity index (χ0v) is 11.7. The minimum Gasteiger partial charge on any atom is -0.363 e. The fourth-order valence-corrected chi connectivity index (χ4v) is 3.11. The molecular formula is C15H15N3S. The Balaban J connectivity index is 1.85. The third-order valence-corrected chi connectivity index (χ3v) is 4.31. The highest BCUT2D eigenvalue weighted by molar-refractivity contribution is 7.19. The number of aromatic nitrogens is 2. The molecule has 1 unspecified atom stereocenters. The van der Waals surface area contributed by atoms with Crippen molar-refractivity contribution in [1.29, 1.82) is 0 Å². The van der Waals surface area contributed by atoms with Gasteiger partial charge in [0.2, 0.25) is 0 Å². The lowest BCUT2D eigenvalue weighted by atomic mass is 10.2. The molecule has 1 atom stereocenters. The topological polar surface area (TPSA) is 37.8 Å². The number of benzene rings is 1. The van der Waals surface area contributed by atoms with E-state index in [9.17, 15) is 0 Å². The first-order valence-corrected chi connectivity index (χ1v) is 7.09. The summed E-state index contributed by atoms with van der Waals surface area (Å²) in [6, 6.07) is 12.8. The molecular weight excluding hydrogens is 254 g/mol. The molecule has 0 fully saturated rings. The van der Waals surface area contributed by atoms with Crippen LogP contribution in [0, 0.1) is 6.92 Å². The van der Waals surface area contributed by atoms with Crippen molar-refractivity contribution < 1.29 is 0 Å². The number of anilines is 1. The molecule has 0 amide bonds. The second-order valence-corrected chi connectivity index (χ2v) is 5.66. The van der Waals surface area contributed by atoms with Gasteiger partial charge in [-0.05, 0) is 37.4 Å². The average molecular weight is 269 g/mol. The number of thiophene rings is 1. The van der Waals surface area contributed by atoms with Crippen molar-refractivity contribution in [1.82, 2.24) is 9.97 Å². The zero-order chi connectivity index (χ0) is 13.2. The zero-order valence-electron chi connectivity index (χ0n) is 10.9. The smallest absolute Gasteiger partial charge is 0.130 e. The van der Waals surface area contributed by atoms with Crippen LogP contribution in [0.4, 0.5) is 5.82 Å². The van der Waals surface area contributed by atoms with Crippen LogP contribution in [0.3, 0.4) is 0 Å². The number of hydrogen-bond acceptors (Lipinski definition) is 4. The first-order chi connectivity index (χ1) is 9.22. The first kappa shape index (κ1) is 12.1. The summed E-state index contributed by atoms with van der Waals surface area (Å²) in [4.78, 5) is 9.80. The van der Waals surface area contributed by atoms with Gasteiger partial charge in [-0.15, -0.1) is 11.3 Å². The van der Waals surface area contributed by atoms with Gasteiger partial charge in [-0.2, -0.15) is 0 Å². The van der Waals surface area contributed by atoms with Crippen molar-refractivity contribution in [3.63, 3.8) is 0 Å². The normalized spacial score (nSPS) is 12.5. The summed E-state index contributed by atoms with van der Waals surface area (Å²) in [7, 11) is 0. The molecule has 0 saturated carbocycles. The fourth-order valence-electron chi connectivity index (χ4n) is 2.05. The Kier molecular flexibility index (Phi) is 3.17. The van der Waals surface area contributed by atoms with E-state index in [0.29, 0.717) is 0 Å². The molecule has 2 aromatic heterocycles. The Morgan fingerprint density at radius 3 is 2.84 bits per heavy atom. The fraction of sp³-hybridized carbons (Fsp3) is 0.200. The monoisotopic (exact) mass is 269 g/mol. The summed E-state index contributed by atoms with van der Waals surface area (Å²) in [5.41, 5.74) is 0. The lowest BCUT2D eigenvalue weighted by molar-refractivity contribution is 0.887. The van der Waals surface area contributed by atoms with Crippen LogP contribution in [0.2, 0.25) is 0 Å². The maximum Gasteiger partial charge on any atom is 0.130 e. The van der Waals surface area contributed by atoms with Gasteiger partial charge in [-0.1, -0.05) is 18.2 Å². The summed E-state index contributed by atoms with van der Waals surface area (Å²) in [5, 5.41) is 4.72. The van der Waals surface area contributed by atoms with Crippen LogP contribution in [0.25, 0.3) is 10.1 Å².